The number of halogens is 3. The first-order chi connectivity index (χ1) is 14.1. The normalized spacial score (nSPS) is 25.5. The Hall–Kier alpha value is -1.74. The van der Waals surface area contributed by atoms with Crippen LogP contribution in [0.25, 0.3) is 0 Å². The maximum Gasteiger partial charge on any atom is 0.416 e. The van der Waals surface area contributed by atoms with E-state index in [9.17, 15) is 33.6 Å². The van der Waals surface area contributed by atoms with Gasteiger partial charge < -0.3 is 20.4 Å². The summed E-state index contributed by atoms with van der Waals surface area (Å²) in [7, 11) is 0. The summed E-state index contributed by atoms with van der Waals surface area (Å²) in [4.78, 5) is 0.306. The zero-order valence-electron chi connectivity index (χ0n) is 15.3. The number of thioether (sulfide) groups is 2. The predicted molar refractivity (Wildman–Crippen MR) is 107 cm³/mol. The highest BCUT2D eigenvalue weighted by molar-refractivity contribution is 8.17. The fourth-order valence-electron chi connectivity index (χ4n) is 2.97. The Bertz CT molecular complexity index is 933. The van der Waals surface area contributed by atoms with Gasteiger partial charge in [-0.2, -0.15) is 18.4 Å². The van der Waals surface area contributed by atoms with E-state index in [1.165, 1.54) is 42.1 Å². The quantitative estimate of drug-likeness (QED) is 0.560. The van der Waals surface area contributed by atoms with Crippen molar-refractivity contribution in [3.63, 3.8) is 0 Å². The molecule has 0 radical (unpaired) electrons. The third-order valence-corrected chi connectivity index (χ3v) is 7.66. The molecule has 0 bridgehead atoms. The zero-order valence-corrected chi connectivity index (χ0v) is 17.0. The highest BCUT2D eigenvalue weighted by Gasteiger charge is 2.38. The molecule has 1 fully saturated rings. The van der Waals surface area contributed by atoms with Gasteiger partial charge >= 0.3 is 6.18 Å². The van der Waals surface area contributed by atoms with Crippen LogP contribution < -0.4 is 0 Å². The lowest BCUT2D eigenvalue weighted by Crippen LogP contribution is -2.47. The average molecular weight is 457 g/mol. The van der Waals surface area contributed by atoms with Crippen molar-refractivity contribution in [1.29, 1.82) is 5.26 Å². The molecular formula is C20H18F3NO4S2. The summed E-state index contributed by atoms with van der Waals surface area (Å²) in [6.45, 7) is 0. The zero-order chi connectivity index (χ0) is 22.1. The number of rotatable bonds is 4. The molecule has 0 aliphatic carbocycles. The lowest BCUT2D eigenvalue weighted by atomic mass is 9.98. The number of benzene rings is 2. The van der Waals surface area contributed by atoms with Gasteiger partial charge in [0.05, 0.1) is 27.9 Å². The average Bonchev–Trinajstić information content (AvgIpc) is 2.73. The van der Waals surface area contributed by atoms with Gasteiger partial charge in [0.15, 0.2) is 0 Å². The summed E-state index contributed by atoms with van der Waals surface area (Å²) < 4.78 is 39.1. The van der Waals surface area contributed by atoms with E-state index >= 15 is 0 Å². The number of nitrogens with zero attached hydrogens (tertiary/aromatic N) is 1. The molecule has 5 nitrogen and oxygen atoms in total. The molecule has 5 atom stereocenters. The first kappa shape index (κ1) is 22.9. The molecule has 0 aromatic heterocycles. The Labute approximate surface area is 179 Å². The van der Waals surface area contributed by atoms with Crippen molar-refractivity contribution in [3.05, 3.63) is 64.7 Å². The largest absolute Gasteiger partial charge is 0.416 e. The Morgan fingerprint density at radius 3 is 2.33 bits per heavy atom. The smallest absolute Gasteiger partial charge is 0.389 e. The minimum absolute atomic E-state index is 0.00653. The molecule has 2 aromatic rings. The van der Waals surface area contributed by atoms with Crippen LogP contribution in [-0.2, 0) is 6.18 Å². The van der Waals surface area contributed by atoms with E-state index in [-0.39, 0.29) is 11.3 Å². The van der Waals surface area contributed by atoms with E-state index in [0.29, 0.717) is 16.0 Å². The van der Waals surface area contributed by atoms with E-state index in [4.69, 9.17) is 5.26 Å². The van der Waals surface area contributed by atoms with Gasteiger partial charge in [-0.05, 0) is 41.5 Å². The molecule has 1 aliphatic rings. The van der Waals surface area contributed by atoms with Crippen LogP contribution >= 0.6 is 23.5 Å². The third kappa shape index (κ3) is 4.94. The van der Waals surface area contributed by atoms with Gasteiger partial charge in [-0.1, -0.05) is 12.1 Å². The van der Waals surface area contributed by atoms with Gasteiger partial charge in [-0.3, -0.25) is 0 Å². The Morgan fingerprint density at radius 1 is 1.07 bits per heavy atom. The molecule has 4 N–H and O–H groups in total. The Kier molecular flexibility index (Phi) is 7.02. The Balaban J connectivity index is 1.97. The SMILES string of the molecule is N#Cc1ccc(C(O)c2cc(C(F)(F)F)ccc2S[C@@H]2SC[C@@H](O)[C@H](O)[C@H]2O)cc1. The lowest BCUT2D eigenvalue weighted by molar-refractivity contribution is -0.137. The third-order valence-electron chi connectivity index (χ3n) is 4.68. The predicted octanol–water partition coefficient (Wildman–Crippen LogP) is 2.91. The molecule has 160 valence electrons. The molecule has 0 saturated carbocycles. The van der Waals surface area contributed by atoms with Crippen molar-refractivity contribution in [2.24, 2.45) is 0 Å². The molecule has 1 unspecified atom stereocenters. The van der Waals surface area contributed by atoms with E-state index in [2.05, 4.69) is 0 Å². The second-order valence-electron chi connectivity index (χ2n) is 6.75. The molecule has 1 saturated heterocycles. The summed E-state index contributed by atoms with van der Waals surface area (Å²) in [5.41, 5.74) is -0.281. The van der Waals surface area contributed by atoms with E-state index < -0.39 is 40.7 Å². The van der Waals surface area contributed by atoms with Gasteiger partial charge in [0.25, 0.3) is 0 Å². The maximum atomic E-state index is 13.2. The minimum Gasteiger partial charge on any atom is -0.389 e. The first-order valence-electron chi connectivity index (χ1n) is 8.83. The lowest BCUT2D eigenvalue weighted by Gasteiger charge is -2.34. The van der Waals surface area contributed by atoms with Crippen molar-refractivity contribution in [1.82, 2.24) is 0 Å². The summed E-state index contributed by atoms with van der Waals surface area (Å²) >= 11 is 2.19. The molecule has 3 rings (SSSR count). The first-order valence-corrected chi connectivity index (χ1v) is 10.8. The molecule has 2 aromatic carbocycles. The number of hydrogen-bond donors (Lipinski definition) is 4. The number of aliphatic hydroxyl groups is 4. The van der Waals surface area contributed by atoms with Gasteiger partial charge in [0.1, 0.15) is 18.3 Å². The van der Waals surface area contributed by atoms with Crippen LogP contribution in [-0.4, -0.2) is 49.1 Å². The summed E-state index contributed by atoms with van der Waals surface area (Å²) in [5, 5.41) is 49.5. The number of alkyl halides is 3. The van der Waals surface area contributed by atoms with Gasteiger partial charge in [0.2, 0.25) is 0 Å². The molecular weight excluding hydrogens is 439 g/mol. The minimum atomic E-state index is -4.61. The molecule has 1 aliphatic heterocycles. The fourth-order valence-corrected chi connectivity index (χ4v) is 5.74. The number of hydrogen-bond acceptors (Lipinski definition) is 7. The van der Waals surface area contributed by atoms with Crippen LogP contribution in [0.2, 0.25) is 0 Å². The van der Waals surface area contributed by atoms with Gasteiger partial charge in [-0.25, -0.2) is 0 Å². The van der Waals surface area contributed by atoms with Crippen LogP contribution in [0, 0.1) is 11.3 Å². The van der Waals surface area contributed by atoms with E-state index in [0.717, 1.165) is 23.9 Å². The van der Waals surface area contributed by atoms with Crippen LogP contribution in [0.5, 0.6) is 0 Å². The van der Waals surface area contributed by atoms with Crippen LogP contribution in [0.4, 0.5) is 13.2 Å². The second-order valence-corrected chi connectivity index (χ2v) is 9.41. The van der Waals surface area contributed by atoms with Crippen molar-refractivity contribution < 1.29 is 33.6 Å². The molecule has 1 heterocycles. The van der Waals surface area contributed by atoms with E-state index in [1.807, 2.05) is 6.07 Å². The molecule has 0 amide bonds. The summed E-state index contributed by atoms with van der Waals surface area (Å²) in [6, 6.07) is 10.7. The van der Waals surface area contributed by atoms with Gasteiger partial charge in [0, 0.05) is 10.6 Å². The van der Waals surface area contributed by atoms with Crippen molar-refractivity contribution >= 4 is 23.5 Å². The molecule has 10 heteroatoms. The van der Waals surface area contributed by atoms with Crippen LogP contribution in [0.3, 0.4) is 0 Å². The number of aliphatic hydroxyl groups excluding tert-OH is 4. The van der Waals surface area contributed by atoms with Gasteiger partial charge in [-0.15, -0.1) is 23.5 Å². The highest BCUT2D eigenvalue weighted by Crippen LogP contribution is 2.43. The monoisotopic (exact) mass is 457 g/mol. The topological polar surface area (TPSA) is 105 Å². The van der Waals surface area contributed by atoms with Crippen LogP contribution in [0.1, 0.15) is 28.4 Å². The summed E-state index contributed by atoms with van der Waals surface area (Å²) in [6.07, 6.45) is -9.78. The fraction of sp³-hybridized carbons (Fsp3) is 0.350. The molecule has 30 heavy (non-hydrogen) atoms. The number of nitriles is 1. The van der Waals surface area contributed by atoms with Crippen molar-refractivity contribution in [3.8, 4) is 6.07 Å². The van der Waals surface area contributed by atoms with Crippen molar-refractivity contribution in [2.75, 3.05) is 5.75 Å². The maximum absolute atomic E-state index is 13.2. The van der Waals surface area contributed by atoms with Crippen LogP contribution in [0.15, 0.2) is 47.4 Å². The second kappa shape index (κ2) is 9.18. The standard InChI is InChI=1S/C20H18F3NO4S2/c21-20(22,23)12-5-6-15(30-19-18(28)17(27)14(25)9-29-19)13(7-12)16(26)11-3-1-10(8-24)2-4-11/h1-7,14,16-19,25-28H,9H2/t14-,16?,17+,18-,19+/m1/s1. The Morgan fingerprint density at radius 2 is 1.73 bits per heavy atom. The van der Waals surface area contributed by atoms with Crippen molar-refractivity contribution in [2.45, 2.75) is 40.1 Å². The van der Waals surface area contributed by atoms with E-state index in [1.54, 1.807) is 0 Å². The summed E-state index contributed by atoms with van der Waals surface area (Å²) in [5.74, 6) is 0.157. The highest BCUT2D eigenvalue weighted by atomic mass is 32.2. The molecule has 0 spiro atoms.